The molecule has 1 fully saturated rings. The highest BCUT2D eigenvalue weighted by molar-refractivity contribution is 5.78. The van der Waals surface area contributed by atoms with Crippen LogP contribution in [0.3, 0.4) is 0 Å². The van der Waals surface area contributed by atoms with Crippen molar-refractivity contribution in [1.82, 2.24) is 4.90 Å². The van der Waals surface area contributed by atoms with Gasteiger partial charge in [-0.25, -0.2) is 0 Å². The van der Waals surface area contributed by atoms with Crippen LogP contribution >= 0.6 is 0 Å². The zero-order valence-corrected chi connectivity index (χ0v) is 8.16. The standard InChI is InChI=1S/C9H18N2O2/c1-11(5-2-4-10)9(12)8-3-6-13-7-8/h8H,2-7,10H2,1H3. The van der Waals surface area contributed by atoms with Crippen molar-refractivity contribution >= 4 is 5.91 Å². The first-order valence-corrected chi connectivity index (χ1v) is 4.78. The van der Waals surface area contributed by atoms with Gasteiger partial charge >= 0.3 is 0 Å². The van der Waals surface area contributed by atoms with Gasteiger partial charge in [0, 0.05) is 20.2 Å². The van der Waals surface area contributed by atoms with E-state index in [4.69, 9.17) is 10.5 Å². The van der Waals surface area contributed by atoms with Crippen LogP contribution in [0.2, 0.25) is 0 Å². The number of nitrogens with zero attached hydrogens (tertiary/aromatic N) is 1. The number of amides is 1. The molecule has 0 aromatic carbocycles. The van der Waals surface area contributed by atoms with Gasteiger partial charge in [0.05, 0.1) is 12.5 Å². The van der Waals surface area contributed by atoms with E-state index in [1.807, 2.05) is 7.05 Å². The third kappa shape index (κ3) is 2.97. The number of ether oxygens (including phenoxy) is 1. The van der Waals surface area contributed by atoms with E-state index in [1.165, 1.54) is 0 Å². The van der Waals surface area contributed by atoms with Crippen LogP contribution in [0.4, 0.5) is 0 Å². The zero-order valence-electron chi connectivity index (χ0n) is 8.16. The van der Waals surface area contributed by atoms with Gasteiger partial charge < -0.3 is 15.4 Å². The van der Waals surface area contributed by atoms with Crippen LogP contribution in [-0.4, -0.2) is 44.2 Å². The van der Waals surface area contributed by atoms with E-state index in [9.17, 15) is 4.79 Å². The summed E-state index contributed by atoms with van der Waals surface area (Å²) in [5, 5.41) is 0. The molecule has 0 aliphatic carbocycles. The fourth-order valence-electron chi connectivity index (χ4n) is 1.48. The number of carbonyl (C=O) groups is 1. The van der Waals surface area contributed by atoms with Crippen molar-refractivity contribution in [3.05, 3.63) is 0 Å². The van der Waals surface area contributed by atoms with Crippen LogP contribution in [0.15, 0.2) is 0 Å². The predicted octanol–water partition coefficient (Wildman–Crippen LogP) is -0.170. The summed E-state index contributed by atoms with van der Waals surface area (Å²) >= 11 is 0. The van der Waals surface area contributed by atoms with Crippen LogP contribution < -0.4 is 5.73 Å². The largest absolute Gasteiger partial charge is 0.381 e. The third-order valence-electron chi connectivity index (χ3n) is 2.35. The number of rotatable bonds is 4. The highest BCUT2D eigenvalue weighted by Crippen LogP contribution is 2.14. The average molecular weight is 186 g/mol. The lowest BCUT2D eigenvalue weighted by atomic mass is 10.1. The Morgan fingerprint density at radius 2 is 2.46 bits per heavy atom. The van der Waals surface area contributed by atoms with Crippen molar-refractivity contribution in [1.29, 1.82) is 0 Å². The fourth-order valence-corrected chi connectivity index (χ4v) is 1.48. The van der Waals surface area contributed by atoms with E-state index >= 15 is 0 Å². The molecule has 1 amide bonds. The summed E-state index contributed by atoms with van der Waals surface area (Å²) in [5.41, 5.74) is 5.37. The van der Waals surface area contributed by atoms with Gasteiger partial charge in [-0.1, -0.05) is 0 Å². The lowest BCUT2D eigenvalue weighted by molar-refractivity contribution is -0.134. The topological polar surface area (TPSA) is 55.6 Å². The van der Waals surface area contributed by atoms with Crippen molar-refractivity contribution in [2.75, 3.05) is 33.4 Å². The van der Waals surface area contributed by atoms with Crippen molar-refractivity contribution in [2.45, 2.75) is 12.8 Å². The maximum atomic E-state index is 11.7. The van der Waals surface area contributed by atoms with Crippen molar-refractivity contribution in [2.24, 2.45) is 11.7 Å². The van der Waals surface area contributed by atoms with Crippen LogP contribution in [-0.2, 0) is 9.53 Å². The van der Waals surface area contributed by atoms with Gasteiger partial charge in [0.15, 0.2) is 0 Å². The first-order chi connectivity index (χ1) is 6.25. The normalized spacial score (nSPS) is 21.8. The van der Waals surface area contributed by atoms with Gasteiger partial charge in [-0.2, -0.15) is 0 Å². The Morgan fingerprint density at radius 1 is 1.69 bits per heavy atom. The van der Waals surface area contributed by atoms with Crippen LogP contribution in [0.5, 0.6) is 0 Å². The van der Waals surface area contributed by atoms with E-state index < -0.39 is 0 Å². The quantitative estimate of drug-likeness (QED) is 0.663. The molecule has 76 valence electrons. The Hall–Kier alpha value is -0.610. The smallest absolute Gasteiger partial charge is 0.227 e. The molecule has 1 heterocycles. The van der Waals surface area contributed by atoms with Crippen LogP contribution in [0.1, 0.15) is 12.8 Å². The molecule has 1 aliphatic rings. The minimum Gasteiger partial charge on any atom is -0.381 e. The van der Waals surface area contributed by atoms with Crippen LogP contribution in [0.25, 0.3) is 0 Å². The molecule has 4 nitrogen and oxygen atoms in total. The molecule has 1 saturated heterocycles. The maximum absolute atomic E-state index is 11.7. The number of nitrogens with two attached hydrogens (primary N) is 1. The second-order valence-electron chi connectivity index (χ2n) is 3.46. The van der Waals surface area contributed by atoms with Gasteiger partial charge in [0.1, 0.15) is 0 Å². The minimum atomic E-state index is 0.0859. The predicted molar refractivity (Wildman–Crippen MR) is 50.2 cm³/mol. The van der Waals surface area contributed by atoms with E-state index in [0.717, 1.165) is 26.0 Å². The molecule has 4 heteroatoms. The van der Waals surface area contributed by atoms with Gasteiger partial charge in [-0.3, -0.25) is 4.79 Å². The summed E-state index contributed by atoms with van der Waals surface area (Å²) < 4.78 is 5.16. The molecule has 13 heavy (non-hydrogen) atoms. The summed E-state index contributed by atoms with van der Waals surface area (Å²) in [7, 11) is 1.83. The molecule has 0 bridgehead atoms. The summed E-state index contributed by atoms with van der Waals surface area (Å²) in [6.45, 7) is 2.71. The van der Waals surface area contributed by atoms with E-state index in [-0.39, 0.29) is 11.8 Å². The molecule has 0 saturated carbocycles. The molecule has 1 aliphatic heterocycles. The molecule has 2 N–H and O–H groups in total. The average Bonchev–Trinajstić information content (AvgIpc) is 2.65. The monoisotopic (exact) mass is 186 g/mol. The van der Waals surface area contributed by atoms with E-state index in [0.29, 0.717) is 13.2 Å². The van der Waals surface area contributed by atoms with Gasteiger partial charge in [0.2, 0.25) is 5.91 Å². The molecular weight excluding hydrogens is 168 g/mol. The lowest BCUT2D eigenvalue weighted by Gasteiger charge is -2.19. The molecule has 0 aromatic heterocycles. The van der Waals surface area contributed by atoms with Crippen molar-refractivity contribution < 1.29 is 9.53 Å². The first kappa shape index (κ1) is 10.5. The van der Waals surface area contributed by atoms with Gasteiger partial charge in [-0.05, 0) is 19.4 Å². The van der Waals surface area contributed by atoms with E-state index in [2.05, 4.69) is 0 Å². The van der Waals surface area contributed by atoms with Crippen molar-refractivity contribution in [3.63, 3.8) is 0 Å². The second kappa shape index (κ2) is 5.19. The second-order valence-corrected chi connectivity index (χ2v) is 3.46. The highest BCUT2D eigenvalue weighted by Gasteiger charge is 2.25. The third-order valence-corrected chi connectivity index (χ3v) is 2.35. The zero-order chi connectivity index (χ0) is 9.68. The molecule has 0 spiro atoms. The minimum absolute atomic E-state index is 0.0859. The summed E-state index contributed by atoms with van der Waals surface area (Å²) in [4.78, 5) is 13.4. The number of hydrogen-bond donors (Lipinski definition) is 1. The highest BCUT2D eigenvalue weighted by atomic mass is 16.5. The maximum Gasteiger partial charge on any atom is 0.227 e. The van der Waals surface area contributed by atoms with Crippen molar-refractivity contribution in [3.8, 4) is 0 Å². The first-order valence-electron chi connectivity index (χ1n) is 4.78. The Morgan fingerprint density at radius 3 is 3.00 bits per heavy atom. The van der Waals surface area contributed by atoms with E-state index in [1.54, 1.807) is 4.90 Å². The summed E-state index contributed by atoms with van der Waals surface area (Å²) in [6, 6.07) is 0. The SMILES string of the molecule is CN(CCCN)C(=O)C1CCOC1. The Kier molecular flexibility index (Phi) is 4.18. The number of hydrogen-bond acceptors (Lipinski definition) is 3. The van der Waals surface area contributed by atoms with Gasteiger partial charge in [0.25, 0.3) is 0 Å². The molecule has 1 rings (SSSR count). The Balaban J connectivity index is 2.28. The lowest BCUT2D eigenvalue weighted by Crippen LogP contribution is -2.34. The molecule has 1 unspecified atom stereocenters. The van der Waals surface area contributed by atoms with Crippen LogP contribution in [0, 0.1) is 5.92 Å². The fraction of sp³-hybridized carbons (Fsp3) is 0.889. The number of carbonyl (C=O) groups excluding carboxylic acids is 1. The molecule has 1 atom stereocenters. The summed E-state index contributed by atoms with van der Waals surface area (Å²) in [6.07, 6.45) is 1.74. The van der Waals surface area contributed by atoms with Gasteiger partial charge in [-0.15, -0.1) is 0 Å². The Labute approximate surface area is 79.0 Å². The molecule has 0 radical (unpaired) electrons. The molecule has 0 aromatic rings. The Bertz CT molecular complexity index is 167. The summed E-state index contributed by atoms with van der Waals surface area (Å²) in [5.74, 6) is 0.286. The molecular formula is C9H18N2O2.